The van der Waals surface area contributed by atoms with Crippen molar-refractivity contribution in [1.82, 2.24) is 5.32 Å². The van der Waals surface area contributed by atoms with Gasteiger partial charge in [0, 0.05) is 6.04 Å². The molecule has 0 saturated heterocycles. The number of hydrogen-bond donors (Lipinski definition) is 1. The van der Waals surface area contributed by atoms with E-state index in [4.69, 9.17) is 4.74 Å². The van der Waals surface area contributed by atoms with Crippen molar-refractivity contribution in [3.8, 4) is 0 Å². The number of nitrogens with one attached hydrogen (secondary N) is 1. The molecule has 1 aliphatic carbocycles. The summed E-state index contributed by atoms with van der Waals surface area (Å²) >= 11 is 0. The molecule has 0 heterocycles. The smallest absolute Gasteiger partial charge is 0.339 e. The molecule has 25 heavy (non-hydrogen) atoms. The van der Waals surface area contributed by atoms with Crippen LogP contribution in [-0.4, -0.2) is 24.5 Å². The molecule has 1 amide bonds. The van der Waals surface area contributed by atoms with Crippen molar-refractivity contribution >= 4 is 22.6 Å². The predicted molar refractivity (Wildman–Crippen MR) is 98.3 cm³/mol. The third-order valence-electron chi connectivity index (χ3n) is 5.40. The van der Waals surface area contributed by atoms with Gasteiger partial charge in [0.1, 0.15) is 0 Å². The second-order valence-electron chi connectivity index (χ2n) is 7.04. The number of hydrogen-bond acceptors (Lipinski definition) is 3. The molecule has 2 aromatic rings. The van der Waals surface area contributed by atoms with Crippen molar-refractivity contribution < 1.29 is 14.3 Å². The highest BCUT2D eigenvalue weighted by Crippen LogP contribution is 2.29. The maximum absolute atomic E-state index is 12.4. The number of esters is 1. The van der Waals surface area contributed by atoms with Gasteiger partial charge in [0.15, 0.2) is 6.61 Å². The first-order chi connectivity index (χ1) is 12.1. The first kappa shape index (κ1) is 17.5. The second-order valence-corrected chi connectivity index (χ2v) is 7.04. The molecule has 0 radical (unpaired) electrons. The summed E-state index contributed by atoms with van der Waals surface area (Å²) in [6.07, 6.45) is 3.34. The van der Waals surface area contributed by atoms with Crippen LogP contribution in [0.1, 0.15) is 43.5 Å². The Morgan fingerprint density at radius 3 is 2.68 bits per heavy atom. The fourth-order valence-electron chi connectivity index (χ4n) is 3.65. The molecule has 0 bridgehead atoms. The van der Waals surface area contributed by atoms with E-state index in [9.17, 15) is 9.59 Å². The zero-order valence-electron chi connectivity index (χ0n) is 14.8. The Morgan fingerprint density at radius 2 is 1.84 bits per heavy atom. The Morgan fingerprint density at radius 1 is 1.08 bits per heavy atom. The van der Waals surface area contributed by atoms with E-state index in [0.29, 0.717) is 17.4 Å². The monoisotopic (exact) mass is 339 g/mol. The average molecular weight is 339 g/mol. The van der Waals surface area contributed by atoms with Gasteiger partial charge in [0.05, 0.1) is 5.56 Å². The van der Waals surface area contributed by atoms with E-state index in [2.05, 4.69) is 19.2 Å². The van der Waals surface area contributed by atoms with Gasteiger partial charge in [0.2, 0.25) is 0 Å². The van der Waals surface area contributed by atoms with Gasteiger partial charge in [0.25, 0.3) is 5.91 Å². The van der Waals surface area contributed by atoms with Gasteiger partial charge in [-0.05, 0) is 35.1 Å². The largest absolute Gasteiger partial charge is 0.452 e. The molecular weight excluding hydrogens is 314 g/mol. The first-order valence-electron chi connectivity index (χ1n) is 9.00. The highest BCUT2D eigenvalue weighted by molar-refractivity contribution is 6.04. The highest BCUT2D eigenvalue weighted by Gasteiger charge is 2.28. The summed E-state index contributed by atoms with van der Waals surface area (Å²) in [6, 6.07) is 13.3. The van der Waals surface area contributed by atoms with Crippen LogP contribution in [0, 0.1) is 11.8 Å². The summed E-state index contributed by atoms with van der Waals surface area (Å²) in [4.78, 5) is 24.5. The zero-order valence-corrected chi connectivity index (χ0v) is 14.8. The highest BCUT2D eigenvalue weighted by atomic mass is 16.5. The first-order valence-corrected chi connectivity index (χ1v) is 9.00. The lowest BCUT2D eigenvalue weighted by Gasteiger charge is -2.34. The molecule has 3 rings (SSSR count). The molecule has 1 aliphatic rings. The molecular formula is C21H25NO3. The molecule has 4 heteroatoms. The van der Waals surface area contributed by atoms with Crippen LogP contribution < -0.4 is 5.32 Å². The molecule has 3 atom stereocenters. The van der Waals surface area contributed by atoms with Crippen LogP contribution in [-0.2, 0) is 9.53 Å². The van der Waals surface area contributed by atoms with Gasteiger partial charge in [-0.25, -0.2) is 4.79 Å². The van der Waals surface area contributed by atoms with E-state index < -0.39 is 5.97 Å². The number of ether oxygens (including phenoxy) is 1. The van der Waals surface area contributed by atoms with Crippen molar-refractivity contribution in [3.05, 3.63) is 48.0 Å². The molecule has 0 aromatic heterocycles. The van der Waals surface area contributed by atoms with Crippen LogP contribution in [0.4, 0.5) is 0 Å². The molecule has 1 N–H and O–H groups in total. The van der Waals surface area contributed by atoms with Gasteiger partial charge in [-0.1, -0.05) is 63.1 Å². The molecule has 1 saturated carbocycles. The normalized spacial score (nSPS) is 23.2. The van der Waals surface area contributed by atoms with Gasteiger partial charge < -0.3 is 10.1 Å². The predicted octanol–water partition coefficient (Wildman–Crippen LogP) is 3.94. The Bertz CT molecular complexity index is 765. The van der Waals surface area contributed by atoms with Gasteiger partial charge in [-0.2, -0.15) is 0 Å². The Labute approximate surface area is 148 Å². The van der Waals surface area contributed by atoms with E-state index in [0.717, 1.165) is 23.6 Å². The molecule has 0 unspecified atom stereocenters. The van der Waals surface area contributed by atoms with Crippen LogP contribution in [0.3, 0.4) is 0 Å². The van der Waals surface area contributed by atoms with Crippen LogP contribution in [0.2, 0.25) is 0 Å². The average Bonchev–Trinajstić information content (AvgIpc) is 2.63. The summed E-state index contributed by atoms with van der Waals surface area (Å²) in [5.41, 5.74) is 0.491. The van der Waals surface area contributed by atoms with Crippen LogP contribution in [0.5, 0.6) is 0 Å². The fraction of sp³-hybridized carbons (Fsp3) is 0.429. The SMILES string of the molecule is C[C@@H]1[C@H](C)CCC[C@@H]1NC(=O)COC(=O)c1cccc2ccccc12. The van der Waals surface area contributed by atoms with Crippen molar-refractivity contribution in [2.24, 2.45) is 11.8 Å². The molecule has 1 fully saturated rings. The maximum atomic E-state index is 12.4. The second kappa shape index (κ2) is 7.68. The van der Waals surface area contributed by atoms with E-state index in [-0.39, 0.29) is 18.6 Å². The molecule has 0 spiro atoms. The van der Waals surface area contributed by atoms with E-state index >= 15 is 0 Å². The molecule has 0 aliphatic heterocycles. The minimum absolute atomic E-state index is 0.174. The summed E-state index contributed by atoms with van der Waals surface area (Å²) < 4.78 is 5.25. The van der Waals surface area contributed by atoms with E-state index in [1.54, 1.807) is 6.07 Å². The lowest BCUT2D eigenvalue weighted by atomic mass is 9.78. The van der Waals surface area contributed by atoms with E-state index in [1.165, 1.54) is 6.42 Å². The van der Waals surface area contributed by atoms with Crippen LogP contribution in [0.25, 0.3) is 10.8 Å². The number of amides is 1. The summed E-state index contributed by atoms with van der Waals surface area (Å²) in [5.74, 6) is 0.375. The van der Waals surface area contributed by atoms with Gasteiger partial charge in [-0.3, -0.25) is 4.79 Å². The van der Waals surface area contributed by atoms with Crippen molar-refractivity contribution in [2.75, 3.05) is 6.61 Å². The van der Waals surface area contributed by atoms with E-state index in [1.807, 2.05) is 36.4 Å². The summed E-state index contributed by atoms with van der Waals surface area (Å²) in [5, 5.41) is 4.84. The maximum Gasteiger partial charge on any atom is 0.339 e. The number of benzene rings is 2. The molecule has 132 valence electrons. The van der Waals surface area contributed by atoms with Crippen molar-refractivity contribution in [1.29, 1.82) is 0 Å². The Kier molecular flexibility index (Phi) is 5.37. The fourth-order valence-corrected chi connectivity index (χ4v) is 3.65. The third kappa shape index (κ3) is 4.01. The Balaban J connectivity index is 1.59. The number of fused-ring (bicyclic) bond motifs is 1. The number of rotatable bonds is 4. The molecule has 4 nitrogen and oxygen atoms in total. The zero-order chi connectivity index (χ0) is 17.8. The Hall–Kier alpha value is -2.36. The number of carbonyl (C=O) groups is 2. The topological polar surface area (TPSA) is 55.4 Å². The summed E-state index contributed by atoms with van der Waals surface area (Å²) in [7, 11) is 0. The van der Waals surface area contributed by atoms with Gasteiger partial charge >= 0.3 is 5.97 Å². The standard InChI is InChI=1S/C21H25NO3/c1-14-7-5-12-19(15(14)2)22-20(23)13-25-21(24)18-11-6-9-16-8-3-4-10-17(16)18/h3-4,6,8-11,14-15,19H,5,7,12-13H2,1-2H3,(H,22,23)/t14-,15-,19+/m1/s1. The minimum Gasteiger partial charge on any atom is -0.452 e. The lowest BCUT2D eigenvalue weighted by Crippen LogP contribution is -2.45. The number of carbonyl (C=O) groups excluding carboxylic acids is 2. The third-order valence-corrected chi connectivity index (χ3v) is 5.40. The van der Waals surface area contributed by atoms with Crippen molar-refractivity contribution in [2.45, 2.75) is 39.2 Å². The van der Waals surface area contributed by atoms with Gasteiger partial charge in [-0.15, -0.1) is 0 Å². The summed E-state index contributed by atoms with van der Waals surface area (Å²) in [6.45, 7) is 4.17. The quantitative estimate of drug-likeness (QED) is 0.859. The van der Waals surface area contributed by atoms with Crippen molar-refractivity contribution in [3.63, 3.8) is 0 Å². The van der Waals surface area contributed by atoms with Crippen LogP contribution in [0.15, 0.2) is 42.5 Å². The minimum atomic E-state index is -0.461. The van der Waals surface area contributed by atoms with Crippen LogP contribution >= 0.6 is 0 Å². The lowest BCUT2D eigenvalue weighted by molar-refractivity contribution is -0.125. The molecule has 2 aromatic carbocycles.